The fraction of sp³-hybridized carbons (Fsp3) is 0.208. The molecule has 0 heterocycles. The molecule has 5 nitrogen and oxygen atoms in total. The first-order valence-electron chi connectivity index (χ1n) is 9.42. The summed E-state index contributed by atoms with van der Waals surface area (Å²) in [5.74, 6) is 1.96. The summed E-state index contributed by atoms with van der Waals surface area (Å²) < 4.78 is 21.9. The summed E-state index contributed by atoms with van der Waals surface area (Å²) in [4.78, 5) is 11.2. The van der Waals surface area contributed by atoms with Gasteiger partial charge in [-0.1, -0.05) is 36.9 Å². The standard InChI is InChI=1S/C24H24O5/c1-18(2)24(25)28-15-13-26-12-14-27-22-10-8-20-17-23(11-9-19(20)16-22)29-21-6-4-3-5-7-21/h3-11,16-17H,1,12-15H2,2H3. The number of carbonyl (C=O) groups excluding carboxylic acids is 1. The zero-order valence-corrected chi connectivity index (χ0v) is 16.4. The number of para-hydroxylation sites is 1. The molecule has 150 valence electrons. The molecule has 0 unspecified atom stereocenters. The molecule has 0 spiro atoms. The van der Waals surface area contributed by atoms with E-state index in [1.807, 2.05) is 66.7 Å². The van der Waals surface area contributed by atoms with Crippen molar-refractivity contribution in [2.75, 3.05) is 26.4 Å². The third kappa shape index (κ3) is 6.36. The highest BCUT2D eigenvalue weighted by atomic mass is 16.6. The number of esters is 1. The second-order valence-electron chi connectivity index (χ2n) is 6.46. The summed E-state index contributed by atoms with van der Waals surface area (Å²) >= 11 is 0. The molecule has 3 rings (SSSR count). The molecule has 3 aromatic rings. The Balaban J connectivity index is 1.44. The van der Waals surface area contributed by atoms with Crippen molar-refractivity contribution in [1.82, 2.24) is 0 Å². The molecule has 0 saturated heterocycles. The first kappa shape index (κ1) is 20.4. The Kier molecular flexibility index (Phi) is 7.25. The van der Waals surface area contributed by atoms with Gasteiger partial charge in [0.05, 0.1) is 13.2 Å². The van der Waals surface area contributed by atoms with Crippen molar-refractivity contribution < 1.29 is 23.7 Å². The van der Waals surface area contributed by atoms with Gasteiger partial charge in [-0.3, -0.25) is 0 Å². The van der Waals surface area contributed by atoms with Gasteiger partial charge in [0, 0.05) is 5.57 Å². The molecule has 3 aromatic carbocycles. The fourth-order valence-electron chi connectivity index (χ4n) is 2.62. The van der Waals surface area contributed by atoms with Gasteiger partial charge in [-0.05, 0) is 54.1 Å². The van der Waals surface area contributed by atoms with Gasteiger partial charge in [-0.15, -0.1) is 0 Å². The van der Waals surface area contributed by atoms with Crippen LogP contribution < -0.4 is 9.47 Å². The number of rotatable bonds is 10. The van der Waals surface area contributed by atoms with Crippen LogP contribution in [0.2, 0.25) is 0 Å². The van der Waals surface area contributed by atoms with Crippen LogP contribution in [0.4, 0.5) is 0 Å². The van der Waals surface area contributed by atoms with Crippen LogP contribution >= 0.6 is 0 Å². The smallest absolute Gasteiger partial charge is 0.333 e. The van der Waals surface area contributed by atoms with E-state index in [2.05, 4.69) is 6.58 Å². The molecule has 0 aliphatic carbocycles. The molecule has 0 radical (unpaired) electrons. The first-order chi connectivity index (χ1) is 14.1. The highest BCUT2D eigenvalue weighted by Gasteiger charge is 2.03. The van der Waals surface area contributed by atoms with E-state index in [0.717, 1.165) is 28.0 Å². The molecule has 0 N–H and O–H groups in total. The summed E-state index contributed by atoms with van der Waals surface area (Å²) in [5, 5.41) is 2.14. The van der Waals surface area contributed by atoms with Crippen molar-refractivity contribution in [1.29, 1.82) is 0 Å². The van der Waals surface area contributed by atoms with Crippen molar-refractivity contribution in [2.45, 2.75) is 6.92 Å². The minimum absolute atomic E-state index is 0.203. The number of hydrogen-bond acceptors (Lipinski definition) is 5. The van der Waals surface area contributed by atoms with E-state index in [0.29, 0.717) is 25.4 Å². The molecular weight excluding hydrogens is 368 g/mol. The summed E-state index contributed by atoms with van der Waals surface area (Å²) in [5.41, 5.74) is 0.378. The molecule has 0 amide bonds. The molecule has 0 bridgehead atoms. The molecule has 5 heteroatoms. The largest absolute Gasteiger partial charge is 0.491 e. The van der Waals surface area contributed by atoms with Gasteiger partial charge in [-0.25, -0.2) is 4.79 Å². The Bertz CT molecular complexity index is 965. The maximum Gasteiger partial charge on any atom is 0.333 e. The third-order valence-electron chi connectivity index (χ3n) is 4.07. The van der Waals surface area contributed by atoms with Crippen LogP contribution in [0.3, 0.4) is 0 Å². The molecule has 0 aromatic heterocycles. The zero-order chi connectivity index (χ0) is 20.5. The van der Waals surface area contributed by atoms with E-state index < -0.39 is 5.97 Å². The normalized spacial score (nSPS) is 10.5. The van der Waals surface area contributed by atoms with Crippen LogP contribution in [0.15, 0.2) is 78.9 Å². The van der Waals surface area contributed by atoms with E-state index >= 15 is 0 Å². The van der Waals surface area contributed by atoms with Gasteiger partial charge in [0.15, 0.2) is 0 Å². The number of fused-ring (bicyclic) bond motifs is 1. The first-order valence-corrected chi connectivity index (χ1v) is 9.42. The van der Waals surface area contributed by atoms with Crippen molar-refractivity contribution in [2.24, 2.45) is 0 Å². The van der Waals surface area contributed by atoms with Crippen LogP contribution in [-0.4, -0.2) is 32.4 Å². The maximum absolute atomic E-state index is 11.2. The average molecular weight is 392 g/mol. The number of ether oxygens (including phenoxy) is 4. The van der Waals surface area contributed by atoms with Gasteiger partial charge in [0.25, 0.3) is 0 Å². The molecule has 0 atom stereocenters. The predicted molar refractivity (Wildman–Crippen MR) is 113 cm³/mol. The SMILES string of the molecule is C=C(C)C(=O)OCCOCCOc1ccc2cc(Oc3ccccc3)ccc2c1. The van der Waals surface area contributed by atoms with Crippen LogP contribution in [0.5, 0.6) is 17.2 Å². The topological polar surface area (TPSA) is 54.0 Å². The van der Waals surface area contributed by atoms with E-state index in [1.54, 1.807) is 6.92 Å². The Morgan fingerprint density at radius 3 is 2.17 bits per heavy atom. The summed E-state index contributed by atoms with van der Waals surface area (Å²) in [6.45, 7) is 6.48. The fourth-order valence-corrected chi connectivity index (χ4v) is 2.62. The highest BCUT2D eigenvalue weighted by Crippen LogP contribution is 2.27. The summed E-state index contributed by atoms with van der Waals surface area (Å²) in [6, 6.07) is 21.5. The number of hydrogen-bond donors (Lipinski definition) is 0. The van der Waals surface area contributed by atoms with Crippen molar-refractivity contribution in [3.63, 3.8) is 0 Å². The lowest BCUT2D eigenvalue weighted by Crippen LogP contribution is -2.13. The lowest BCUT2D eigenvalue weighted by atomic mass is 10.1. The molecular formula is C24H24O5. The van der Waals surface area contributed by atoms with E-state index in [-0.39, 0.29) is 6.61 Å². The molecule has 0 saturated carbocycles. The Labute approximate surface area is 170 Å². The third-order valence-corrected chi connectivity index (χ3v) is 4.07. The number of benzene rings is 3. The minimum Gasteiger partial charge on any atom is -0.491 e. The van der Waals surface area contributed by atoms with Crippen molar-refractivity contribution in [3.8, 4) is 17.2 Å². The summed E-state index contributed by atoms with van der Waals surface area (Å²) in [7, 11) is 0. The van der Waals surface area contributed by atoms with Gasteiger partial charge < -0.3 is 18.9 Å². The minimum atomic E-state index is -0.404. The van der Waals surface area contributed by atoms with E-state index in [9.17, 15) is 4.79 Å². The maximum atomic E-state index is 11.2. The predicted octanol–water partition coefficient (Wildman–Crippen LogP) is 5.15. The second-order valence-corrected chi connectivity index (χ2v) is 6.46. The van der Waals surface area contributed by atoms with E-state index in [4.69, 9.17) is 18.9 Å². The highest BCUT2D eigenvalue weighted by molar-refractivity contribution is 5.87. The van der Waals surface area contributed by atoms with Crippen LogP contribution in [-0.2, 0) is 14.3 Å². The van der Waals surface area contributed by atoms with Crippen LogP contribution in [0, 0.1) is 0 Å². The quantitative estimate of drug-likeness (QED) is 0.271. The van der Waals surface area contributed by atoms with E-state index in [1.165, 1.54) is 0 Å². The monoisotopic (exact) mass is 392 g/mol. The van der Waals surface area contributed by atoms with Gasteiger partial charge in [0.1, 0.15) is 30.5 Å². The number of carbonyl (C=O) groups is 1. The zero-order valence-electron chi connectivity index (χ0n) is 16.4. The average Bonchev–Trinajstić information content (AvgIpc) is 2.73. The van der Waals surface area contributed by atoms with Gasteiger partial charge in [-0.2, -0.15) is 0 Å². The molecule has 29 heavy (non-hydrogen) atoms. The Morgan fingerprint density at radius 1 is 0.793 bits per heavy atom. The molecule has 0 aliphatic rings. The lowest BCUT2D eigenvalue weighted by Gasteiger charge is -2.10. The van der Waals surface area contributed by atoms with Crippen molar-refractivity contribution >= 4 is 16.7 Å². The Morgan fingerprint density at radius 2 is 1.45 bits per heavy atom. The van der Waals surface area contributed by atoms with Crippen LogP contribution in [0.1, 0.15) is 6.92 Å². The summed E-state index contributed by atoms with van der Waals surface area (Å²) in [6.07, 6.45) is 0. The molecule has 0 aliphatic heterocycles. The second kappa shape index (κ2) is 10.3. The molecule has 0 fully saturated rings. The van der Waals surface area contributed by atoms with Gasteiger partial charge >= 0.3 is 5.97 Å². The van der Waals surface area contributed by atoms with Gasteiger partial charge in [0.2, 0.25) is 0 Å². The van der Waals surface area contributed by atoms with Crippen LogP contribution in [0.25, 0.3) is 10.8 Å². The van der Waals surface area contributed by atoms with Crippen molar-refractivity contribution in [3.05, 3.63) is 78.9 Å². The Hall–Kier alpha value is -3.31. The lowest BCUT2D eigenvalue weighted by molar-refractivity contribution is -0.140.